The van der Waals surface area contributed by atoms with E-state index in [4.69, 9.17) is 16.3 Å². The molecule has 0 aliphatic carbocycles. The lowest BCUT2D eigenvalue weighted by Crippen LogP contribution is -2.32. The Morgan fingerprint density at radius 2 is 2.17 bits per heavy atom. The molecule has 24 heavy (non-hydrogen) atoms. The van der Waals surface area contributed by atoms with Crippen molar-refractivity contribution in [2.75, 3.05) is 11.9 Å². The van der Waals surface area contributed by atoms with E-state index in [0.717, 1.165) is 6.07 Å². The number of hydrazone groups is 1. The molecular weight excluding hydrogens is 344 g/mol. The van der Waals surface area contributed by atoms with Crippen LogP contribution in [0.25, 0.3) is 0 Å². The van der Waals surface area contributed by atoms with Crippen LogP contribution in [-0.4, -0.2) is 35.0 Å². The van der Waals surface area contributed by atoms with Gasteiger partial charge in [0.15, 0.2) is 6.61 Å². The molecule has 0 radical (unpaired) electrons. The van der Waals surface area contributed by atoms with Crippen LogP contribution in [0.5, 0.6) is 0 Å². The average molecular weight is 355 g/mol. The topological polar surface area (TPSA) is 140 Å². The van der Waals surface area contributed by atoms with E-state index >= 15 is 0 Å². The smallest absolute Gasteiger partial charge is 0.355 e. The van der Waals surface area contributed by atoms with Crippen LogP contribution < -0.4 is 10.7 Å². The van der Waals surface area contributed by atoms with Gasteiger partial charge in [0.1, 0.15) is 10.7 Å². The van der Waals surface area contributed by atoms with Crippen molar-refractivity contribution >= 4 is 46.5 Å². The van der Waals surface area contributed by atoms with Crippen LogP contribution in [0.4, 0.5) is 11.4 Å². The first-order chi connectivity index (χ1) is 11.4. The second-order valence-corrected chi connectivity index (χ2v) is 5.05. The zero-order valence-corrected chi connectivity index (χ0v) is 12.8. The minimum Gasteiger partial charge on any atom is -0.451 e. The predicted octanol–water partition coefficient (Wildman–Crippen LogP) is 0.996. The molecule has 2 rings (SSSR count). The van der Waals surface area contributed by atoms with Gasteiger partial charge in [-0.2, -0.15) is 5.10 Å². The molecule has 0 saturated carbocycles. The number of benzene rings is 1. The SMILES string of the molecule is O=C1CCC(C(=O)OCC(=O)Nc2ccc(Cl)c([N+](=O)[O-])c2)=NN1. The van der Waals surface area contributed by atoms with E-state index in [1.165, 1.54) is 12.1 Å². The number of nitrogens with zero attached hydrogens (tertiary/aromatic N) is 2. The summed E-state index contributed by atoms with van der Waals surface area (Å²) in [5, 5.41) is 16.6. The Morgan fingerprint density at radius 3 is 2.79 bits per heavy atom. The normalized spacial score (nSPS) is 13.5. The van der Waals surface area contributed by atoms with Gasteiger partial charge in [-0.3, -0.25) is 19.7 Å². The lowest BCUT2D eigenvalue weighted by Gasteiger charge is -2.11. The van der Waals surface area contributed by atoms with Crippen molar-refractivity contribution in [2.45, 2.75) is 12.8 Å². The quantitative estimate of drug-likeness (QED) is 0.459. The second kappa shape index (κ2) is 7.51. The van der Waals surface area contributed by atoms with Crippen molar-refractivity contribution in [1.29, 1.82) is 0 Å². The molecule has 0 spiro atoms. The number of ether oxygens (including phenoxy) is 1. The van der Waals surface area contributed by atoms with Gasteiger partial charge in [0.25, 0.3) is 11.6 Å². The number of amides is 2. The van der Waals surface area contributed by atoms with E-state index in [1.807, 2.05) is 0 Å². The maximum atomic E-state index is 11.7. The van der Waals surface area contributed by atoms with Gasteiger partial charge in [-0.15, -0.1) is 0 Å². The second-order valence-electron chi connectivity index (χ2n) is 4.64. The zero-order valence-electron chi connectivity index (χ0n) is 12.1. The molecule has 1 aliphatic rings. The Labute approximate surface area is 139 Å². The number of hydrogen-bond acceptors (Lipinski definition) is 7. The van der Waals surface area contributed by atoms with Crippen molar-refractivity contribution in [1.82, 2.24) is 5.43 Å². The molecule has 10 nitrogen and oxygen atoms in total. The van der Waals surface area contributed by atoms with E-state index in [9.17, 15) is 24.5 Å². The molecule has 11 heteroatoms. The fourth-order valence-corrected chi connectivity index (χ4v) is 1.95. The maximum absolute atomic E-state index is 11.7. The largest absolute Gasteiger partial charge is 0.451 e. The average Bonchev–Trinajstić information content (AvgIpc) is 2.55. The number of carbonyl (C=O) groups excluding carboxylic acids is 3. The molecule has 2 amide bonds. The van der Waals surface area contributed by atoms with Crippen LogP contribution in [0.3, 0.4) is 0 Å². The van der Waals surface area contributed by atoms with Gasteiger partial charge in [0.2, 0.25) is 5.91 Å². The highest BCUT2D eigenvalue weighted by molar-refractivity contribution is 6.37. The summed E-state index contributed by atoms with van der Waals surface area (Å²) >= 11 is 5.66. The number of esters is 1. The molecule has 1 heterocycles. The number of nitrogens with one attached hydrogen (secondary N) is 2. The van der Waals surface area contributed by atoms with Crippen molar-refractivity contribution in [3.05, 3.63) is 33.3 Å². The van der Waals surface area contributed by atoms with Gasteiger partial charge in [0.05, 0.1) is 4.92 Å². The summed E-state index contributed by atoms with van der Waals surface area (Å²) in [6, 6.07) is 3.72. The minimum atomic E-state index is -0.827. The molecule has 126 valence electrons. The van der Waals surface area contributed by atoms with Crippen LogP contribution in [0.15, 0.2) is 23.3 Å². The standard InChI is InChI=1S/C13H11ClN4O6/c14-8-2-1-7(5-10(8)18(22)23)15-12(20)6-24-13(21)9-3-4-11(19)17-16-9/h1-2,5H,3-4,6H2,(H,15,20)(H,17,19). The Bertz CT molecular complexity index is 748. The molecule has 0 fully saturated rings. The lowest BCUT2D eigenvalue weighted by molar-refractivity contribution is -0.384. The summed E-state index contributed by atoms with van der Waals surface area (Å²) < 4.78 is 4.76. The molecule has 0 unspecified atom stereocenters. The molecule has 1 aromatic carbocycles. The Balaban J connectivity index is 1.90. The third kappa shape index (κ3) is 4.49. The Hall–Kier alpha value is -3.01. The van der Waals surface area contributed by atoms with E-state index in [1.54, 1.807) is 0 Å². The molecule has 0 atom stereocenters. The summed E-state index contributed by atoms with van der Waals surface area (Å²) in [6.45, 7) is -0.609. The van der Waals surface area contributed by atoms with E-state index in [-0.39, 0.29) is 40.9 Å². The lowest BCUT2D eigenvalue weighted by atomic mass is 10.2. The highest BCUT2D eigenvalue weighted by atomic mass is 35.5. The molecule has 1 aromatic rings. The van der Waals surface area contributed by atoms with Gasteiger partial charge >= 0.3 is 5.97 Å². The fraction of sp³-hybridized carbons (Fsp3) is 0.231. The van der Waals surface area contributed by atoms with Crippen LogP contribution in [0.1, 0.15) is 12.8 Å². The van der Waals surface area contributed by atoms with Gasteiger partial charge in [-0.1, -0.05) is 11.6 Å². The van der Waals surface area contributed by atoms with Crippen LogP contribution in [-0.2, 0) is 19.1 Å². The number of anilines is 1. The predicted molar refractivity (Wildman–Crippen MR) is 82.5 cm³/mol. The van der Waals surface area contributed by atoms with Crippen LogP contribution in [0.2, 0.25) is 5.02 Å². The molecule has 1 aliphatic heterocycles. The monoisotopic (exact) mass is 354 g/mol. The van der Waals surface area contributed by atoms with E-state index in [2.05, 4.69) is 15.8 Å². The third-order valence-corrected chi connectivity index (χ3v) is 3.22. The molecule has 0 bridgehead atoms. The van der Waals surface area contributed by atoms with Gasteiger partial charge in [-0.25, -0.2) is 10.2 Å². The maximum Gasteiger partial charge on any atom is 0.355 e. The number of hydrogen-bond donors (Lipinski definition) is 2. The summed E-state index contributed by atoms with van der Waals surface area (Å²) in [7, 11) is 0. The first kappa shape index (κ1) is 17.3. The number of nitro groups is 1. The summed E-state index contributed by atoms with van der Waals surface area (Å²) in [5.41, 5.74) is 1.91. The molecule has 2 N–H and O–H groups in total. The van der Waals surface area contributed by atoms with Crippen molar-refractivity contribution in [3.8, 4) is 0 Å². The highest BCUT2D eigenvalue weighted by Crippen LogP contribution is 2.27. The molecule has 0 saturated heterocycles. The number of halogens is 1. The first-order valence-electron chi connectivity index (χ1n) is 6.63. The van der Waals surface area contributed by atoms with Gasteiger partial charge in [0, 0.05) is 24.6 Å². The molecular formula is C13H11ClN4O6. The van der Waals surface area contributed by atoms with Crippen molar-refractivity contribution in [2.24, 2.45) is 5.10 Å². The Morgan fingerprint density at radius 1 is 1.42 bits per heavy atom. The van der Waals surface area contributed by atoms with Crippen LogP contribution >= 0.6 is 11.6 Å². The first-order valence-corrected chi connectivity index (χ1v) is 7.01. The summed E-state index contributed by atoms with van der Waals surface area (Å²) in [5.74, 6) is -1.83. The highest BCUT2D eigenvalue weighted by Gasteiger charge is 2.20. The third-order valence-electron chi connectivity index (χ3n) is 2.90. The van der Waals surface area contributed by atoms with E-state index < -0.39 is 23.4 Å². The number of nitro benzene ring substituents is 1. The Kier molecular flexibility index (Phi) is 5.42. The van der Waals surface area contributed by atoms with Gasteiger partial charge < -0.3 is 10.1 Å². The van der Waals surface area contributed by atoms with E-state index in [0.29, 0.717) is 0 Å². The van der Waals surface area contributed by atoms with Crippen molar-refractivity contribution < 1.29 is 24.0 Å². The fourth-order valence-electron chi connectivity index (χ4n) is 1.76. The molecule has 0 aromatic heterocycles. The van der Waals surface area contributed by atoms with Crippen molar-refractivity contribution in [3.63, 3.8) is 0 Å². The summed E-state index contributed by atoms with van der Waals surface area (Å²) in [4.78, 5) is 44.4. The number of carbonyl (C=O) groups is 3. The van der Waals surface area contributed by atoms with Crippen LogP contribution in [0, 0.1) is 10.1 Å². The number of rotatable bonds is 5. The minimum absolute atomic E-state index is 0.00420. The zero-order chi connectivity index (χ0) is 17.7. The van der Waals surface area contributed by atoms with Gasteiger partial charge in [-0.05, 0) is 12.1 Å². The summed E-state index contributed by atoms with van der Waals surface area (Å²) in [6.07, 6.45) is 0.226.